The number of phenolic OH excluding ortho intramolecular Hbond substituents is 2. The maximum atomic E-state index is 12.4. The molecule has 180 valence electrons. The van der Waals surface area contributed by atoms with Gasteiger partial charge in [0.2, 0.25) is 5.91 Å². The Morgan fingerprint density at radius 2 is 1.73 bits per heavy atom. The molecule has 0 fully saturated rings. The summed E-state index contributed by atoms with van der Waals surface area (Å²) in [5.74, 6) is 0.856. The van der Waals surface area contributed by atoms with E-state index in [0.29, 0.717) is 50.2 Å². The van der Waals surface area contributed by atoms with Crippen molar-refractivity contribution in [1.82, 2.24) is 10.6 Å². The van der Waals surface area contributed by atoms with Gasteiger partial charge in [-0.25, -0.2) is 0 Å². The van der Waals surface area contributed by atoms with Crippen molar-refractivity contribution in [2.24, 2.45) is 0 Å². The monoisotopic (exact) mass is 476 g/mol. The van der Waals surface area contributed by atoms with Crippen molar-refractivity contribution in [3.05, 3.63) is 53.6 Å². The van der Waals surface area contributed by atoms with Crippen molar-refractivity contribution in [2.45, 2.75) is 44.6 Å². The minimum absolute atomic E-state index is 0.0582. The minimum Gasteiger partial charge on any atom is -0.504 e. The first kappa shape index (κ1) is 26.5. The van der Waals surface area contributed by atoms with Gasteiger partial charge in [-0.1, -0.05) is 12.5 Å². The Kier molecular flexibility index (Phi) is 11.6. The Labute approximate surface area is 200 Å². The van der Waals surface area contributed by atoms with Gasteiger partial charge in [0.25, 0.3) is 0 Å². The number of hydrogen-bond donors (Lipinski definition) is 4. The average Bonchev–Trinajstić information content (AvgIpc) is 2.81. The van der Waals surface area contributed by atoms with Gasteiger partial charge in [0, 0.05) is 43.4 Å². The number of carbonyl (C=O) groups is 2. The number of aromatic hydroxyl groups is 2. The Morgan fingerprint density at radius 1 is 1.00 bits per heavy atom. The SMILES string of the molecule is COc1ccc(C(=O)CCCCCC(=O)N[C@H](CNCCCl)Cc2ccc(O)c(O)c2)cc1. The van der Waals surface area contributed by atoms with Crippen LogP contribution in [0.4, 0.5) is 0 Å². The van der Waals surface area contributed by atoms with E-state index in [0.717, 1.165) is 24.2 Å². The predicted octanol–water partition coefficient (Wildman–Crippen LogP) is 3.80. The number of benzene rings is 2. The van der Waals surface area contributed by atoms with Gasteiger partial charge in [0.05, 0.1) is 7.11 Å². The van der Waals surface area contributed by atoms with E-state index >= 15 is 0 Å². The minimum atomic E-state index is -0.185. The average molecular weight is 477 g/mol. The van der Waals surface area contributed by atoms with Crippen LogP contribution >= 0.6 is 11.6 Å². The molecule has 2 aromatic carbocycles. The molecular formula is C25H33ClN2O5. The van der Waals surface area contributed by atoms with Crippen LogP contribution in [0, 0.1) is 0 Å². The van der Waals surface area contributed by atoms with Crippen molar-refractivity contribution in [3.8, 4) is 17.2 Å². The van der Waals surface area contributed by atoms with Crippen molar-refractivity contribution < 1.29 is 24.5 Å². The highest BCUT2D eigenvalue weighted by Gasteiger charge is 2.14. The summed E-state index contributed by atoms with van der Waals surface area (Å²) in [4.78, 5) is 24.7. The first-order chi connectivity index (χ1) is 15.9. The fourth-order valence-corrected chi connectivity index (χ4v) is 3.60. The molecule has 0 bridgehead atoms. The number of nitrogens with one attached hydrogen (secondary N) is 2. The van der Waals surface area contributed by atoms with Gasteiger partial charge >= 0.3 is 0 Å². The Bertz CT molecular complexity index is 889. The highest BCUT2D eigenvalue weighted by molar-refractivity contribution is 6.18. The van der Waals surface area contributed by atoms with E-state index in [1.807, 2.05) is 0 Å². The van der Waals surface area contributed by atoms with Gasteiger partial charge in [-0.3, -0.25) is 9.59 Å². The number of amides is 1. The molecule has 7 nitrogen and oxygen atoms in total. The summed E-state index contributed by atoms with van der Waals surface area (Å²) in [6, 6.07) is 11.5. The molecule has 8 heteroatoms. The zero-order valence-electron chi connectivity index (χ0n) is 19.0. The largest absolute Gasteiger partial charge is 0.504 e. The van der Waals surface area contributed by atoms with Crippen LogP contribution in [0.1, 0.15) is 48.0 Å². The molecule has 0 aliphatic carbocycles. The molecular weight excluding hydrogens is 444 g/mol. The van der Waals surface area contributed by atoms with Gasteiger partial charge < -0.3 is 25.6 Å². The van der Waals surface area contributed by atoms with Crippen LogP contribution in [0.5, 0.6) is 17.2 Å². The zero-order valence-corrected chi connectivity index (χ0v) is 19.7. The number of halogens is 1. The van der Waals surface area contributed by atoms with Crippen LogP contribution in [0.2, 0.25) is 0 Å². The summed E-state index contributed by atoms with van der Waals surface area (Å²) in [6.45, 7) is 1.16. The van der Waals surface area contributed by atoms with Crippen LogP contribution in [0.15, 0.2) is 42.5 Å². The first-order valence-corrected chi connectivity index (χ1v) is 11.7. The molecule has 0 unspecified atom stereocenters. The van der Waals surface area contributed by atoms with Crippen molar-refractivity contribution >= 4 is 23.3 Å². The molecule has 0 aliphatic heterocycles. The summed E-state index contributed by atoms with van der Waals surface area (Å²) in [5.41, 5.74) is 1.47. The number of carbonyl (C=O) groups excluding carboxylic acids is 2. The van der Waals surface area contributed by atoms with Crippen molar-refractivity contribution in [1.29, 1.82) is 0 Å². The van der Waals surface area contributed by atoms with Crippen LogP contribution in [0.25, 0.3) is 0 Å². The molecule has 0 saturated heterocycles. The normalized spacial score (nSPS) is 11.7. The molecule has 2 rings (SSSR count). The smallest absolute Gasteiger partial charge is 0.220 e. The predicted molar refractivity (Wildman–Crippen MR) is 129 cm³/mol. The number of ketones is 1. The summed E-state index contributed by atoms with van der Waals surface area (Å²) >= 11 is 5.72. The highest BCUT2D eigenvalue weighted by Crippen LogP contribution is 2.25. The Balaban J connectivity index is 1.74. The summed E-state index contributed by atoms with van der Waals surface area (Å²) in [6.07, 6.45) is 3.55. The lowest BCUT2D eigenvalue weighted by Crippen LogP contribution is -2.43. The Morgan fingerprint density at radius 3 is 2.39 bits per heavy atom. The number of Topliss-reactive ketones (excluding diaryl/α,β-unsaturated/α-hetero) is 1. The molecule has 0 saturated carbocycles. The second-order valence-electron chi connectivity index (χ2n) is 7.90. The third-order valence-electron chi connectivity index (χ3n) is 5.27. The van der Waals surface area contributed by atoms with E-state index in [1.165, 1.54) is 12.1 Å². The molecule has 0 aromatic heterocycles. The maximum Gasteiger partial charge on any atom is 0.220 e. The van der Waals surface area contributed by atoms with Crippen LogP contribution < -0.4 is 15.4 Å². The van der Waals surface area contributed by atoms with E-state index in [2.05, 4.69) is 10.6 Å². The highest BCUT2D eigenvalue weighted by atomic mass is 35.5. The molecule has 0 heterocycles. The second-order valence-corrected chi connectivity index (χ2v) is 8.28. The summed E-state index contributed by atoms with van der Waals surface area (Å²) in [5, 5.41) is 25.4. The fourth-order valence-electron chi connectivity index (χ4n) is 3.47. The number of phenols is 2. The van der Waals surface area contributed by atoms with E-state index in [1.54, 1.807) is 37.4 Å². The number of ether oxygens (including phenoxy) is 1. The molecule has 0 aliphatic rings. The molecule has 0 spiro atoms. The van der Waals surface area contributed by atoms with E-state index in [-0.39, 0.29) is 29.2 Å². The number of hydrogen-bond acceptors (Lipinski definition) is 6. The number of rotatable bonds is 15. The number of alkyl halides is 1. The maximum absolute atomic E-state index is 12.4. The topological polar surface area (TPSA) is 108 Å². The van der Waals surface area contributed by atoms with Gasteiger partial charge in [-0.05, 0) is 61.2 Å². The van der Waals surface area contributed by atoms with Crippen LogP contribution in [0.3, 0.4) is 0 Å². The van der Waals surface area contributed by atoms with Gasteiger partial charge in [-0.15, -0.1) is 11.6 Å². The van der Waals surface area contributed by atoms with E-state index in [9.17, 15) is 19.8 Å². The lowest BCUT2D eigenvalue weighted by molar-refractivity contribution is -0.121. The van der Waals surface area contributed by atoms with Crippen molar-refractivity contribution in [2.75, 3.05) is 26.1 Å². The standard InChI is InChI=1S/C25H33ClN2O5/c1-33-21-10-8-19(9-11-21)22(29)5-3-2-4-6-25(32)28-20(17-27-14-13-26)15-18-7-12-23(30)24(31)16-18/h7-12,16,20,27,30-31H,2-6,13-15,17H2,1H3,(H,28,32)/t20-/m0/s1. The van der Waals surface area contributed by atoms with Crippen molar-refractivity contribution in [3.63, 3.8) is 0 Å². The van der Waals surface area contributed by atoms with E-state index < -0.39 is 0 Å². The van der Waals surface area contributed by atoms with Gasteiger partial charge in [0.1, 0.15) is 5.75 Å². The third-order valence-corrected chi connectivity index (χ3v) is 5.46. The van der Waals surface area contributed by atoms with Gasteiger partial charge in [0.15, 0.2) is 17.3 Å². The lowest BCUT2D eigenvalue weighted by atomic mass is 10.0. The fraction of sp³-hybridized carbons (Fsp3) is 0.440. The molecule has 0 radical (unpaired) electrons. The number of unbranched alkanes of at least 4 members (excludes halogenated alkanes) is 2. The molecule has 33 heavy (non-hydrogen) atoms. The van der Waals surface area contributed by atoms with Gasteiger partial charge in [-0.2, -0.15) is 0 Å². The molecule has 2 aromatic rings. The summed E-state index contributed by atoms with van der Waals surface area (Å²) in [7, 11) is 1.59. The van der Waals surface area contributed by atoms with Crippen LogP contribution in [-0.2, 0) is 11.2 Å². The first-order valence-electron chi connectivity index (χ1n) is 11.2. The van der Waals surface area contributed by atoms with E-state index in [4.69, 9.17) is 16.3 Å². The quantitative estimate of drug-likeness (QED) is 0.135. The molecule has 1 amide bonds. The molecule has 4 N–H and O–H groups in total. The van der Waals surface area contributed by atoms with Crippen LogP contribution in [-0.4, -0.2) is 54.0 Å². The zero-order chi connectivity index (χ0) is 24.1. The second kappa shape index (κ2) is 14.4. The molecule has 1 atom stereocenters. The Hall–Kier alpha value is -2.77. The summed E-state index contributed by atoms with van der Waals surface area (Å²) < 4.78 is 5.10. The third kappa shape index (κ3) is 9.72. The lowest BCUT2D eigenvalue weighted by Gasteiger charge is -2.20. The number of methoxy groups -OCH3 is 1.